The molecule has 0 fully saturated rings. The standard InChI is InChI=1S/C26H22F3N3O5S/c1-5-15(3)37-23(34)13-36-19-8-6-14(2)10-17(19)24-18-11-16(7-9-20(18)38-30-24)32-22(33)12-21(26(27,28)29)31(4)25(32)35/h5-12,15H,1,13H2,2-4H3. The highest BCUT2D eigenvalue weighted by molar-refractivity contribution is 7.13. The Labute approximate surface area is 218 Å². The minimum Gasteiger partial charge on any atom is -0.481 e. The Morgan fingerprint density at radius 2 is 1.92 bits per heavy atom. The van der Waals surface area contributed by atoms with Crippen molar-refractivity contribution in [3.05, 3.63) is 87.2 Å². The number of rotatable bonds is 7. The number of hydrogen-bond donors (Lipinski definition) is 0. The average Bonchev–Trinajstić information content (AvgIpc) is 3.28. The Balaban J connectivity index is 1.79. The predicted molar refractivity (Wildman–Crippen MR) is 137 cm³/mol. The number of ether oxygens (including phenoxy) is 2. The van der Waals surface area contributed by atoms with E-state index in [4.69, 9.17) is 9.47 Å². The van der Waals surface area contributed by atoms with Gasteiger partial charge in [-0.3, -0.25) is 9.36 Å². The van der Waals surface area contributed by atoms with Crippen LogP contribution in [0.3, 0.4) is 0 Å². The van der Waals surface area contributed by atoms with Crippen molar-refractivity contribution >= 4 is 27.6 Å². The number of alkyl halides is 3. The smallest absolute Gasteiger partial charge is 0.431 e. The molecular formula is C26H22F3N3O5S. The summed E-state index contributed by atoms with van der Waals surface area (Å²) >= 11 is 1.15. The van der Waals surface area contributed by atoms with Crippen molar-refractivity contribution in [3.63, 3.8) is 0 Å². The van der Waals surface area contributed by atoms with Gasteiger partial charge in [0, 0.05) is 24.1 Å². The van der Waals surface area contributed by atoms with Gasteiger partial charge in [0.25, 0.3) is 5.56 Å². The fourth-order valence-corrected chi connectivity index (χ4v) is 4.55. The zero-order valence-corrected chi connectivity index (χ0v) is 21.4. The van der Waals surface area contributed by atoms with Crippen molar-refractivity contribution in [2.75, 3.05) is 6.61 Å². The number of benzene rings is 2. The maximum atomic E-state index is 13.3. The molecule has 0 aliphatic rings. The minimum absolute atomic E-state index is 0.0791. The zero-order valence-electron chi connectivity index (χ0n) is 20.5. The van der Waals surface area contributed by atoms with Crippen LogP contribution < -0.4 is 16.0 Å². The van der Waals surface area contributed by atoms with E-state index in [2.05, 4.69) is 11.0 Å². The van der Waals surface area contributed by atoms with Crippen LogP contribution in [0.1, 0.15) is 18.2 Å². The lowest BCUT2D eigenvalue weighted by Gasteiger charge is -2.14. The lowest BCUT2D eigenvalue weighted by Crippen LogP contribution is -2.40. The van der Waals surface area contributed by atoms with Gasteiger partial charge in [-0.15, -0.1) is 0 Å². The molecule has 0 spiro atoms. The van der Waals surface area contributed by atoms with E-state index in [9.17, 15) is 27.6 Å². The first-order valence-corrected chi connectivity index (χ1v) is 12.0. The van der Waals surface area contributed by atoms with Gasteiger partial charge in [-0.05, 0) is 55.7 Å². The van der Waals surface area contributed by atoms with Gasteiger partial charge in [-0.25, -0.2) is 14.2 Å². The Bertz CT molecular complexity index is 1670. The maximum absolute atomic E-state index is 13.3. The number of nitrogens with zero attached hydrogens (tertiary/aromatic N) is 3. The molecule has 0 N–H and O–H groups in total. The normalized spacial score (nSPS) is 12.4. The van der Waals surface area contributed by atoms with E-state index in [0.29, 0.717) is 42.3 Å². The second-order valence-corrected chi connectivity index (χ2v) is 9.28. The molecule has 198 valence electrons. The average molecular weight is 546 g/mol. The number of carbonyl (C=O) groups is 1. The summed E-state index contributed by atoms with van der Waals surface area (Å²) in [4.78, 5) is 37.5. The first-order valence-electron chi connectivity index (χ1n) is 11.3. The number of aromatic nitrogens is 3. The van der Waals surface area contributed by atoms with Crippen LogP contribution >= 0.6 is 11.5 Å². The molecule has 12 heteroatoms. The summed E-state index contributed by atoms with van der Waals surface area (Å²) in [6.07, 6.45) is -3.87. The summed E-state index contributed by atoms with van der Waals surface area (Å²) in [6.45, 7) is 6.72. The van der Waals surface area contributed by atoms with E-state index in [0.717, 1.165) is 24.1 Å². The van der Waals surface area contributed by atoms with Gasteiger partial charge in [0.2, 0.25) is 0 Å². The fourth-order valence-electron chi connectivity index (χ4n) is 3.78. The summed E-state index contributed by atoms with van der Waals surface area (Å²) in [5.41, 5.74) is -1.64. The highest BCUT2D eigenvalue weighted by Crippen LogP contribution is 2.37. The van der Waals surface area contributed by atoms with Gasteiger partial charge in [-0.2, -0.15) is 17.5 Å². The van der Waals surface area contributed by atoms with Crippen LogP contribution in [0.15, 0.2) is 64.7 Å². The second-order valence-electron chi connectivity index (χ2n) is 8.47. The van der Waals surface area contributed by atoms with Gasteiger partial charge >= 0.3 is 17.8 Å². The molecule has 8 nitrogen and oxygen atoms in total. The first kappa shape index (κ1) is 26.9. The molecule has 2 aromatic carbocycles. The van der Waals surface area contributed by atoms with E-state index >= 15 is 0 Å². The molecule has 2 aromatic heterocycles. The van der Waals surface area contributed by atoms with Crippen LogP contribution in [0.4, 0.5) is 13.2 Å². The third kappa shape index (κ3) is 5.25. The van der Waals surface area contributed by atoms with Crippen molar-refractivity contribution in [3.8, 4) is 22.7 Å². The molecule has 4 rings (SSSR count). The molecule has 0 aliphatic heterocycles. The largest absolute Gasteiger partial charge is 0.481 e. The van der Waals surface area contributed by atoms with Gasteiger partial charge < -0.3 is 9.47 Å². The molecule has 0 radical (unpaired) electrons. The maximum Gasteiger partial charge on any atom is 0.431 e. The highest BCUT2D eigenvalue weighted by Gasteiger charge is 2.35. The van der Waals surface area contributed by atoms with Crippen LogP contribution in [0, 0.1) is 6.92 Å². The third-order valence-electron chi connectivity index (χ3n) is 5.71. The second kappa shape index (κ2) is 10.3. The molecule has 0 saturated heterocycles. The van der Waals surface area contributed by atoms with Crippen LogP contribution in [-0.4, -0.2) is 32.2 Å². The highest BCUT2D eigenvalue weighted by atomic mass is 32.1. The van der Waals surface area contributed by atoms with Crippen molar-refractivity contribution in [2.24, 2.45) is 7.05 Å². The lowest BCUT2D eigenvalue weighted by molar-refractivity contribution is -0.148. The van der Waals surface area contributed by atoms with E-state index in [1.807, 2.05) is 6.92 Å². The molecule has 1 atom stereocenters. The monoisotopic (exact) mass is 545 g/mol. The van der Waals surface area contributed by atoms with Gasteiger partial charge in [0.15, 0.2) is 6.61 Å². The summed E-state index contributed by atoms with van der Waals surface area (Å²) < 4.78 is 56.9. The lowest BCUT2D eigenvalue weighted by atomic mass is 10.0. The fraction of sp³-hybridized carbons (Fsp3) is 0.231. The molecular weight excluding hydrogens is 523 g/mol. The molecule has 38 heavy (non-hydrogen) atoms. The van der Waals surface area contributed by atoms with Gasteiger partial charge in [-0.1, -0.05) is 24.3 Å². The number of hydrogen-bond acceptors (Lipinski definition) is 7. The van der Waals surface area contributed by atoms with Crippen molar-refractivity contribution < 1.29 is 27.4 Å². The van der Waals surface area contributed by atoms with Crippen molar-refractivity contribution in [2.45, 2.75) is 26.1 Å². The first-order chi connectivity index (χ1) is 17.9. The number of esters is 1. The Morgan fingerprint density at radius 1 is 1.18 bits per heavy atom. The molecule has 2 heterocycles. The Morgan fingerprint density at radius 3 is 2.61 bits per heavy atom. The zero-order chi connectivity index (χ0) is 27.8. The Kier molecular flexibility index (Phi) is 7.27. The van der Waals surface area contributed by atoms with Crippen molar-refractivity contribution in [1.29, 1.82) is 0 Å². The predicted octanol–water partition coefficient (Wildman–Crippen LogP) is 4.64. The minimum atomic E-state index is -4.86. The van der Waals surface area contributed by atoms with Crippen LogP contribution in [0.25, 0.3) is 27.0 Å². The molecule has 0 bridgehead atoms. The molecule has 4 aromatic rings. The number of carbonyl (C=O) groups excluding carboxylic acids is 1. The topological polar surface area (TPSA) is 92.4 Å². The third-order valence-corrected chi connectivity index (χ3v) is 6.53. The van der Waals surface area contributed by atoms with E-state index in [1.54, 1.807) is 31.2 Å². The van der Waals surface area contributed by atoms with Crippen LogP contribution in [-0.2, 0) is 22.8 Å². The molecule has 0 amide bonds. The SMILES string of the molecule is C=CC(C)OC(=O)COc1ccc(C)cc1-c1nsc2ccc(-n3c(=O)cc(C(F)(F)F)n(C)c3=O)cc12. The number of fused-ring (bicyclic) bond motifs is 1. The number of aryl methyl sites for hydroxylation is 1. The summed E-state index contributed by atoms with van der Waals surface area (Å²) in [5.74, 6) is -0.245. The number of halogens is 3. The van der Waals surface area contributed by atoms with Gasteiger partial charge in [0.1, 0.15) is 17.5 Å². The van der Waals surface area contributed by atoms with Crippen molar-refractivity contribution in [1.82, 2.24) is 13.5 Å². The summed E-state index contributed by atoms with van der Waals surface area (Å²) in [6, 6.07) is 10.3. The van der Waals surface area contributed by atoms with E-state index in [-0.39, 0.29) is 12.3 Å². The molecule has 1 unspecified atom stereocenters. The van der Waals surface area contributed by atoms with E-state index < -0.39 is 35.2 Å². The van der Waals surface area contributed by atoms with Crippen LogP contribution in [0.2, 0.25) is 0 Å². The van der Waals surface area contributed by atoms with E-state index in [1.165, 1.54) is 18.2 Å². The van der Waals surface area contributed by atoms with Gasteiger partial charge in [0.05, 0.1) is 16.1 Å². The Hall–Kier alpha value is -4.19. The molecule has 0 saturated carbocycles. The van der Waals surface area contributed by atoms with Crippen LogP contribution in [0.5, 0.6) is 5.75 Å². The molecule has 0 aliphatic carbocycles. The summed E-state index contributed by atoms with van der Waals surface area (Å²) in [7, 11) is 0.953. The summed E-state index contributed by atoms with van der Waals surface area (Å²) in [5, 5.41) is 0.541. The quantitative estimate of drug-likeness (QED) is 0.248.